The average molecular weight is 545 g/mol. The molecule has 0 spiro atoms. The highest BCUT2D eigenvalue weighted by molar-refractivity contribution is 7.12. The Kier molecular flexibility index (Phi) is 8.30. The van der Waals surface area contributed by atoms with Crippen LogP contribution in [0, 0.1) is 5.92 Å². The third-order valence-corrected chi connectivity index (χ3v) is 6.95. The Balaban J connectivity index is 1.68. The highest BCUT2D eigenvalue weighted by atomic mass is 35.5. The molecule has 1 saturated carbocycles. The molecule has 186 valence electrons. The normalized spacial score (nSPS) is 14.0. The van der Waals surface area contributed by atoms with E-state index in [0.29, 0.717) is 44.3 Å². The van der Waals surface area contributed by atoms with E-state index >= 15 is 0 Å². The Morgan fingerprint density at radius 3 is 2.54 bits per heavy atom. The van der Waals surface area contributed by atoms with Crippen molar-refractivity contribution >= 4 is 40.5 Å². The summed E-state index contributed by atoms with van der Waals surface area (Å²) in [6, 6.07) is 6.12. The van der Waals surface area contributed by atoms with Gasteiger partial charge in [0, 0.05) is 12.0 Å². The number of halogens is 4. The van der Waals surface area contributed by atoms with Gasteiger partial charge < -0.3 is 18.9 Å². The summed E-state index contributed by atoms with van der Waals surface area (Å²) >= 11 is 13.9. The number of carbonyl (C=O) groups excluding carboxylic acids is 1. The molecule has 2 heterocycles. The number of benzene rings is 1. The lowest BCUT2D eigenvalue weighted by atomic mass is 10.0. The molecule has 1 atom stereocenters. The maximum atomic E-state index is 13.0. The number of methoxy groups -OCH3 is 1. The third-order valence-electron chi connectivity index (χ3n) is 5.40. The van der Waals surface area contributed by atoms with Gasteiger partial charge in [-0.05, 0) is 47.9 Å². The molecule has 3 aromatic rings. The largest absolute Gasteiger partial charge is 0.495 e. The molecule has 1 N–H and O–H groups in total. The van der Waals surface area contributed by atoms with Crippen LogP contribution in [-0.2, 0) is 11.2 Å². The zero-order valence-corrected chi connectivity index (χ0v) is 20.9. The number of thiophene rings is 1. The first kappa shape index (κ1) is 25.5. The molecular weight excluding hydrogens is 523 g/mol. The second-order valence-electron chi connectivity index (χ2n) is 7.89. The maximum absolute atomic E-state index is 13.0. The van der Waals surface area contributed by atoms with Crippen molar-refractivity contribution in [3.63, 3.8) is 0 Å². The number of aromatic amines is 1. The molecule has 4 rings (SSSR count). The monoisotopic (exact) mass is 544 g/mol. The smallest absolute Gasteiger partial charge is 0.387 e. The molecule has 1 fully saturated rings. The summed E-state index contributed by atoms with van der Waals surface area (Å²) in [5.41, 5.74) is 1.05. The molecule has 0 unspecified atom stereocenters. The highest BCUT2D eigenvalue weighted by Crippen LogP contribution is 2.38. The molecule has 11 heteroatoms. The van der Waals surface area contributed by atoms with Crippen molar-refractivity contribution in [3.05, 3.63) is 68.1 Å². The Morgan fingerprint density at radius 2 is 1.89 bits per heavy atom. The van der Waals surface area contributed by atoms with Crippen LogP contribution < -0.4 is 19.2 Å². The molecule has 6 nitrogen and oxygen atoms in total. The van der Waals surface area contributed by atoms with Crippen LogP contribution in [0.25, 0.3) is 0 Å². The molecular formula is C24H22Cl2F2NO5S+. The summed E-state index contributed by atoms with van der Waals surface area (Å²) in [6.07, 6.45) is 4.44. The van der Waals surface area contributed by atoms with E-state index in [1.165, 1.54) is 24.5 Å². The number of alkyl halides is 2. The predicted octanol–water partition coefficient (Wildman–Crippen LogP) is 6.41. The summed E-state index contributed by atoms with van der Waals surface area (Å²) in [5.74, 6) is 0.210. The molecule has 0 aliphatic heterocycles. The van der Waals surface area contributed by atoms with E-state index in [2.05, 4.69) is 9.72 Å². The highest BCUT2D eigenvalue weighted by Gasteiger charge is 2.27. The van der Waals surface area contributed by atoms with Gasteiger partial charge in [0.2, 0.25) is 0 Å². The molecule has 0 saturated heterocycles. The number of rotatable bonds is 11. The van der Waals surface area contributed by atoms with Crippen LogP contribution in [-0.4, -0.2) is 26.3 Å². The van der Waals surface area contributed by atoms with E-state index in [1.54, 1.807) is 36.0 Å². The van der Waals surface area contributed by atoms with Crippen molar-refractivity contribution in [2.75, 3.05) is 13.7 Å². The van der Waals surface area contributed by atoms with Crippen molar-refractivity contribution in [2.24, 2.45) is 5.92 Å². The topological polar surface area (TPSA) is 68.1 Å². The third kappa shape index (κ3) is 6.54. The summed E-state index contributed by atoms with van der Waals surface area (Å²) in [5, 5.41) is 2.43. The first-order valence-corrected chi connectivity index (χ1v) is 12.4. The van der Waals surface area contributed by atoms with Gasteiger partial charge in [0.05, 0.1) is 13.7 Å². The molecule has 1 aliphatic rings. The Morgan fingerprint density at radius 1 is 1.14 bits per heavy atom. The van der Waals surface area contributed by atoms with E-state index in [-0.39, 0.29) is 17.9 Å². The van der Waals surface area contributed by atoms with Crippen LogP contribution in [0.5, 0.6) is 17.2 Å². The zero-order valence-electron chi connectivity index (χ0n) is 18.6. The van der Waals surface area contributed by atoms with Crippen molar-refractivity contribution in [1.82, 2.24) is 0 Å². The minimum Gasteiger partial charge on any atom is -0.495 e. The quantitative estimate of drug-likeness (QED) is 0.261. The SMILES string of the molecule is COc1ccsc1C(=O)O[C@@H](Cc1c(Cl)c[nH+]cc1Cl)c1ccc(OC(F)F)c(OCC2CC2)c1. The molecule has 0 bridgehead atoms. The van der Waals surface area contributed by atoms with Gasteiger partial charge in [-0.15, -0.1) is 11.3 Å². The number of hydrogen-bond acceptors (Lipinski definition) is 6. The Hall–Kier alpha value is -2.62. The van der Waals surface area contributed by atoms with E-state index < -0.39 is 18.7 Å². The average Bonchev–Trinajstić information content (AvgIpc) is 3.53. The van der Waals surface area contributed by atoms with Crippen LogP contribution in [0.2, 0.25) is 10.0 Å². The lowest BCUT2D eigenvalue weighted by molar-refractivity contribution is -0.377. The molecule has 35 heavy (non-hydrogen) atoms. The van der Waals surface area contributed by atoms with Crippen molar-refractivity contribution in [2.45, 2.75) is 32.0 Å². The molecule has 0 radical (unpaired) electrons. The molecule has 1 aromatic carbocycles. The molecule has 0 amide bonds. The lowest BCUT2D eigenvalue weighted by Crippen LogP contribution is -2.16. The van der Waals surface area contributed by atoms with Gasteiger partial charge in [0.15, 0.2) is 28.8 Å². The van der Waals surface area contributed by atoms with E-state index in [9.17, 15) is 13.6 Å². The van der Waals surface area contributed by atoms with Gasteiger partial charge in [-0.1, -0.05) is 29.3 Å². The standard InChI is InChI=1S/C24H21Cl2F2NO5S/c1-31-19-6-7-35-22(19)23(30)33-20(9-15-16(25)10-29-11-17(15)26)14-4-5-18(34-24(27)28)21(8-14)32-12-13-2-3-13/h4-8,10-11,13,20,24H,2-3,9,12H2,1H3/p+1/t20-/m0/s1. The van der Waals surface area contributed by atoms with Crippen molar-refractivity contribution in [1.29, 1.82) is 0 Å². The van der Waals surface area contributed by atoms with Crippen LogP contribution >= 0.6 is 34.5 Å². The minimum absolute atomic E-state index is 0.0974. The summed E-state index contributed by atoms with van der Waals surface area (Å²) in [7, 11) is 1.46. The van der Waals surface area contributed by atoms with Crippen molar-refractivity contribution in [3.8, 4) is 17.2 Å². The van der Waals surface area contributed by atoms with Crippen LogP contribution in [0.15, 0.2) is 42.0 Å². The van der Waals surface area contributed by atoms with Crippen LogP contribution in [0.1, 0.15) is 39.7 Å². The van der Waals surface area contributed by atoms with E-state index in [4.69, 9.17) is 37.4 Å². The van der Waals surface area contributed by atoms with Gasteiger partial charge in [0.1, 0.15) is 21.9 Å². The fraction of sp³-hybridized carbons (Fsp3) is 0.333. The molecule has 2 aromatic heterocycles. The van der Waals surface area contributed by atoms with Gasteiger partial charge in [-0.2, -0.15) is 8.78 Å². The lowest BCUT2D eigenvalue weighted by Gasteiger charge is -2.21. The number of hydrogen-bond donors (Lipinski definition) is 0. The number of nitrogens with one attached hydrogen (secondary N) is 1. The Labute approximate surface area is 214 Å². The van der Waals surface area contributed by atoms with Crippen LogP contribution in [0.4, 0.5) is 8.78 Å². The van der Waals surface area contributed by atoms with Gasteiger partial charge in [-0.3, -0.25) is 0 Å². The first-order chi connectivity index (χ1) is 16.9. The number of H-pyrrole nitrogens is 1. The zero-order chi connectivity index (χ0) is 24.9. The summed E-state index contributed by atoms with van der Waals surface area (Å²) < 4.78 is 47.4. The van der Waals surface area contributed by atoms with Gasteiger partial charge >= 0.3 is 12.6 Å². The first-order valence-electron chi connectivity index (χ1n) is 10.7. The van der Waals surface area contributed by atoms with Gasteiger partial charge in [-0.25, -0.2) is 9.78 Å². The minimum atomic E-state index is -3.01. The van der Waals surface area contributed by atoms with Crippen LogP contribution in [0.3, 0.4) is 0 Å². The van der Waals surface area contributed by atoms with Crippen molar-refractivity contribution < 1.29 is 37.5 Å². The predicted molar refractivity (Wildman–Crippen MR) is 127 cm³/mol. The number of esters is 1. The van der Waals surface area contributed by atoms with E-state index in [1.807, 2.05) is 0 Å². The number of aromatic nitrogens is 1. The second kappa shape index (κ2) is 11.4. The number of ether oxygens (including phenoxy) is 4. The number of carbonyl (C=O) groups is 1. The Bertz CT molecular complexity index is 1170. The maximum Gasteiger partial charge on any atom is 0.387 e. The summed E-state index contributed by atoms with van der Waals surface area (Å²) in [6.45, 7) is -2.63. The number of pyridine rings is 1. The fourth-order valence-corrected chi connectivity index (χ4v) is 4.67. The fourth-order valence-electron chi connectivity index (χ4n) is 3.40. The molecule has 1 aliphatic carbocycles. The van der Waals surface area contributed by atoms with Gasteiger partial charge in [0.25, 0.3) is 0 Å². The van der Waals surface area contributed by atoms with E-state index in [0.717, 1.165) is 12.8 Å². The second-order valence-corrected chi connectivity index (χ2v) is 9.62. The summed E-state index contributed by atoms with van der Waals surface area (Å²) in [4.78, 5) is 16.2.